The van der Waals surface area contributed by atoms with E-state index < -0.39 is 0 Å². The van der Waals surface area contributed by atoms with Crippen molar-refractivity contribution in [2.45, 2.75) is 132 Å². The zero-order chi connectivity index (χ0) is 32.3. The first-order chi connectivity index (χ1) is 21.3. The van der Waals surface area contributed by atoms with E-state index in [2.05, 4.69) is 128 Å². The molecule has 2 aromatic rings. The average molecular weight is 594 g/mol. The minimum absolute atomic E-state index is 0.160. The van der Waals surface area contributed by atoms with E-state index in [9.17, 15) is 0 Å². The largest absolute Gasteiger partial charge is 0.379 e. The lowest BCUT2D eigenvalue weighted by molar-refractivity contribution is 0.358. The lowest BCUT2D eigenvalue weighted by Gasteiger charge is -2.23. The molecule has 1 N–H and O–H groups in total. The van der Waals surface area contributed by atoms with Crippen molar-refractivity contribution >= 4 is 5.57 Å². The second-order valence-electron chi connectivity index (χ2n) is 12.7. The van der Waals surface area contributed by atoms with Crippen LogP contribution in [0.25, 0.3) is 5.57 Å². The Morgan fingerprint density at radius 1 is 0.841 bits per heavy atom. The van der Waals surface area contributed by atoms with Gasteiger partial charge in [-0.05, 0) is 79.4 Å². The molecule has 1 heteroatoms. The monoisotopic (exact) mass is 593 g/mol. The molecule has 0 heterocycles. The summed E-state index contributed by atoms with van der Waals surface area (Å²) in [5, 5.41) is 3.68. The minimum atomic E-state index is 0.160. The van der Waals surface area contributed by atoms with Gasteiger partial charge in [0.05, 0.1) is 0 Å². The van der Waals surface area contributed by atoms with Gasteiger partial charge in [0.1, 0.15) is 0 Å². The highest BCUT2D eigenvalue weighted by molar-refractivity contribution is 5.82. The van der Waals surface area contributed by atoms with E-state index >= 15 is 0 Å². The Kier molecular flexibility index (Phi) is 17.6. The van der Waals surface area contributed by atoms with Crippen LogP contribution in [0.4, 0.5) is 0 Å². The van der Waals surface area contributed by atoms with Gasteiger partial charge in [0.15, 0.2) is 0 Å². The Bertz CT molecular complexity index is 1200. The number of allylic oxidation sites excluding steroid dienone is 5. The standard InChI is InChI=1S/C39H53N.C4H10/c1-8-15-36(16-9-2)39(37-21-19-29(5)20-22-37)38-25-23-35(24-26-38)31(7)40-30(6)34(11-4)28-32(10-3)27-33-17-13-12-14-18-33;1-3-4-2/h10-11,19-26,28,31,33,40H,3,6,8-9,12-18,27H2,1-2,4-5,7H3;3-4H2,1-2H3/b32-28+,34-11+;. The third-order valence-electron chi connectivity index (χ3n) is 8.90. The van der Waals surface area contributed by atoms with Crippen molar-refractivity contribution in [1.82, 2.24) is 5.32 Å². The van der Waals surface area contributed by atoms with Crippen LogP contribution in [0.1, 0.15) is 147 Å². The van der Waals surface area contributed by atoms with Crippen LogP contribution >= 0.6 is 0 Å². The molecule has 0 amide bonds. The van der Waals surface area contributed by atoms with Gasteiger partial charge >= 0.3 is 0 Å². The second-order valence-corrected chi connectivity index (χ2v) is 12.7. The topological polar surface area (TPSA) is 12.0 Å². The first kappa shape index (κ1) is 37.1. The maximum Gasteiger partial charge on any atom is 0.0485 e. The normalized spacial score (nSPS) is 14.7. The molecule has 0 radical (unpaired) electrons. The number of hydrogen-bond donors (Lipinski definition) is 1. The van der Waals surface area contributed by atoms with E-state index in [-0.39, 0.29) is 6.04 Å². The summed E-state index contributed by atoms with van der Waals surface area (Å²) in [5.41, 5.74) is 11.6. The Balaban J connectivity index is 0.00000159. The maximum absolute atomic E-state index is 4.42. The Morgan fingerprint density at radius 2 is 1.39 bits per heavy atom. The number of rotatable bonds is 15. The van der Waals surface area contributed by atoms with Crippen LogP contribution in [0.5, 0.6) is 0 Å². The predicted molar refractivity (Wildman–Crippen MR) is 198 cm³/mol. The first-order valence-electron chi connectivity index (χ1n) is 17.7. The molecule has 1 saturated carbocycles. The number of nitrogens with one attached hydrogen (secondary N) is 1. The molecule has 1 aliphatic rings. The van der Waals surface area contributed by atoms with E-state index in [0.29, 0.717) is 0 Å². The fraction of sp³-hybridized carbons (Fsp3) is 0.488. The van der Waals surface area contributed by atoms with Gasteiger partial charge in [0.2, 0.25) is 0 Å². The molecule has 1 atom stereocenters. The van der Waals surface area contributed by atoms with Crippen LogP contribution in [0.2, 0.25) is 0 Å². The van der Waals surface area contributed by atoms with Crippen LogP contribution in [0, 0.1) is 12.8 Å². The smallest absolute Gasteiger partial charge is 0.0485 e. The molecule has 240 valence electrons. The van der Waals surface area contributed by atoms with E-state index in [1.165, 1.54) is 91.2 Å². The summed E-state index contributed by atoms with van der Waals surface area (Å²) in [7, 11) is 0. The Labute approximate surface area is 272 Å². The highest BCUT2D eigenvalue weighted by Crippen LogP contribution is 2.33. The summed E-state index contributed by atoms with van der Waals surface area (Å²) in [6, 6.07) is 18.4. The Morgan fingerprint density at radius 3 is 1.86 bits per heavy atom. The molecule has 1 unspecified atom stereocenters. The van der Waals surface area contributed by atoms with Crippen LogP contribution < -0.4 is 5.32 Å². The Hall–Kier alpha value is -3.06. The molecule has 0 aliphatic heterocycles. The molecule has 0 saturated heterocycles. The molecule has 0 spiro atoms. The molecular weight excluding hydrogens is 530 g/mol. The van der Waals surface area contributed by atoms with Crippen molar-refractivity contribution < 1.29 is 0 Å². The minimum Gasteiger partial charge on any atom is -0.379 e. The predicted octanol–water partition coefficient (Wildman–Crippen LogP) is 13.4. The van der Waals surface area contributed by atoms with Crippen LogP contribution in [0.3, 0.4) is 0 Å². The zero-order valence-corrected chi connectivity index (χ0v) is 29.4. The summed E-state index contributed by atoms with van der Waals surface area (Å²) < 4.78 is 0. The van der Waals surface area contributed by atoms with Gasteiger partial charge in [-0.2, -0.15) is 0 Å². The summed E-state index contributed by atoms with van der Waals surface area (Å²) >= 11 is 0. The molecule has 1 aliphatic carbocycles. The molecule has 2 aromatic carbocycles. The van der Waals surface area contributed by atoms with Crippen molar-refractivity contribution in [2.75, 3.05) is 0 Å². The van der Waals surface area contributed by atoms with E-state index in [4.69, 9.17) is 0 Å². The number of unbranched alkanes of at least 4 members (excludes halogenated alkanes) is 1. The highest BCUT2D eigenvalue weighted by atomic mass is 14.9. The number of aryl methyl sites for hydroxylation is 1. The lowest BCUT2D eigenvalue weighted by Crippen LogP contribution is -2.18. The molecule has 1 nitrogen and oxygen atoms in total. The van der Waals surface area contributed by atoms with Crippen LogP contribution in [-0.2, 0) is 0 Å². The van der Waals surface area contributed by atoms with Crippen LogP contribution in [0.15, 0.2) is 102 Å². The third-order valence-corrected chi connectivity index (χ3v) is 8.90. The summed E-state index contributed by atoms with van der Waals surface area (Å²) in [5.74, 6) is 0.795. The average Bonchev–Trinajstić information content (AvgIpc) is 3.05. The van der Waals surface area contributed by atoms with Gasteiger partial charge in [-0.1, -0.05) is 177 Å². The van der Waals surface area contributed by atoms with Crippen molar-refractivity contribution in [1.29, 1.82) is 0 Å². The highest BCUT2D eigenvalue weighted by Gasteiger charge is 2.16. The molecule has 3 rings (SSSR count). The van der Waals surface area contributed by atoms with E-state index in [0.717, 1.165) is 36.5 Å². The molecular formula is C43H63N. The maximum atomic E-state index is 4.42. The molecule has 0 bridgehead atoms. The first-order valence-corrected chi connectivity index (χ1v) is 17.7. The third kappa shape index (κ3) is 12.1. The zero-order valence-electron chi connectivity index (χ0n) is 29.4. The van der Waals surface area contributed by atoms with Gasteiger partial charge in [0, 0.05) is 11.7 Å². The molecule has 1 fully saturated rings. The van der Waals surface area contributed by atoms with Crippen molar-refractivity contribution in [3.05, 3.63) is 125 Å². The molecule has 44 heavy (non-hydrogen) atoms. The van der Waals surface area contributed by atoms with Gasteiger partial charge < -0.3 is 5.32 Å². The quantitative estimate of drug-likeness (QED) is 0.203. The van der Waals surface area contributed by atoms with Crippen molar-refractivity contribution in [2.24, 2.45) is 5.92 Å². The number of hydrogen-bond acceptors (Lipinski definition) is 1. The number of benzene rings is 2. The fourth-order valence-electron chi connectivity index (χ4n) is 6.11. The lowest BCUT2D eigenvalue weighted by atomic mass is 9.84. The second kappa shape index (κ2) is 20.8. The SMILES string of the molecule is C=C/C(=C\C(=C/C)C(=C)NC(C)c1ccc(C(=C(CCC)CCC)c2ccc(C)cc2)cc1)CC1CCCCC1.CCCC. The van der Waals surface area contributed by atoms with Gasteiger partial charge in [-0.3, -0.25) is 0 Å². The van der Waals surface area contributed by atoms with Gasteiger partial charge in [-0.15, -0.1) is 0 Å². The van der Waals surface area contributed by atoms with Gasteiger partial charge in [-0.25, -0.2) is 0 Å². The van der Waals surface area contributed by atoms with E-state index in [1.807, 2.05) is 6.08 Å². The molecule has 0 aromatic heterocycles. The van der Waals surface area contributed by atoms with E-state index in [1.54, 1.807) is 5.57 Å². The summed E-state index contributed by atoms with van der Waals surface area (Å²) in [6.07, 6.45) is 21.7. The summed E-state index contributed by atoms with van der Waals surface area (Å²) in [6.45, 7) is 24.0. The van der Waals surface area contributed by atoms with Crippen molar-refractivity contribution in [3.63, 3.8) is 0 Å². The van der Waals surface area contributed by atoms with Crippen molar-refractivity contribution in [3.8, 4) is 0 Å². The van der Waals surface area contributed by atoms with Gasteiger partial charge in [0.25, 0.3) is 0 Å². The fourth-order valence-corrected chi connectivity index (χ4v) is 6.11. The summed E-state index contributed by atoms with van der Waals surface area (Å²) in [4.78, 5) is 0. The van der Waals surface area contributed by atoms with Crippen LogP contribution in [-0.4, -0.2) is 0 Å².